The second-order valence-corrected chi connectivity index (χ2v) is 9.43. The molecule has 0 heterocycles. The van der Waals surface area contributed by atoms with Crippen molar-refractivity contribution in [2.45, 2.75) is 44.6 Å². The first-order valence-corrected chi connectivity index (χ1v) is 11.4. The molecule has 0 aromatic heterocycles. The fraction of sp³-hybridized carbons (Fsp3) is 0.435. The van der Waals surface area contributed by atoms with Gasteiger partial charge < -0.3 is 4.74 Å². The summed E-state index contributed by atoms with van der Waals surface area (Å²) >= 11 is 24.7. The summed E-state index contributed by atoms with van der Waals surface area (Å²) in [6.07, 6.45) is 5.03. The van der Waals surface area contributed by atoms with Gasteiger partial charge in [-0.3, -0.25) is 4.79 Å². The number of Topliss-reactive ketones (excluding diaryl/α,β-unsaturated/α-hetero) is 1. The van der Waals surface area contributed by atoms with Crippen LogP contribution in [0.25, 0.3) is 0 Å². The van der Waals surface area contributed by atoms with Gasteiger partial charge in [-0.15, -0.1) is 0 Å². The Kier molecular flexibility index (Phi) is 8.30. The lowest BCUT2D eigenvalue weighted by Gasteiger charge is -2.31. The molecule has 3 unspecified atom stereocenters. The highest BCUT2D eigenvalue weighted by molar-refractivity contribution is 6.35. The molecule has 2 aromatic carbocycles. The number of benzene rings is 2. The van der Waals surface area contributed by atoms with E-state index in [1.807, 2.05) is 24.3 Å². The molecular formula is C23H24Cl4O2. The molecule has 29 heavy (non-hydrogen) atoms. The number of hydrogen-bond acceptors (Lipinski definition) is 2. The number of ether oxygens (including phenoxy) is 1. The summed E-state index contributed by atoms with van der Waals surface area (Å²) < 4.78 is 5.81. The van der Waals surface area contributed by atoms with E-state index in [4.69, 9.17) is 51.1 Å². The van der Waals surface area contributed by atoms with Crippen molar-refractivity contribution in [3.63, 3.8) is 0 Å². The monoisotopic (exact) mass is 472 g/mol. The van der Waals surface area contributed by atoms with Gasteiger partial charge in [0.2, 0.25) is 0 Å². The number of rotatable bonds is 5. The molecule has 1 saturated carbocycles. The standard InChI is InChI=1S/C23H24Cl4O2/c1-29-23(16-10-19(26)13-20(27)11-16)21-6-4-2-3-5-15(22(21)28)7-14-8-17(24)12-18(25)9-14/h8-13,15,21,23H,2-7H2,1H3. The van der Waals surface area contributed by atoms with Crippen LogP contribution in [-0.2, 0) is 16.0 Å². The SMILES string of the molecule is COC(c1cc(Cl)cc(Cl)c1)C1CCCCCC(Cc2cc(Cl)cc(Cl)c2)C1=O. The quantitative estimate of drug-likeness (QED) is 0.439. The Hall–Kier alpha value is -0.770. The van der Waals surface area contributed by atoms with Crippen molar-refractivity contribution >= 4 is 52.2 Å². The van der Waals surface area contributed by atoms with E-state index in [0.29, 0.717) is 26.5 Å². The molecule has 1 aliphatic rings. The van der Waals surface area contributed by atoms with Crippen LogP contribution in [0.15, 0.2) is 36.4 Å². The fourth-order valence-corrected chi connectivity index (χ4v) is 5.42. The highest BCUT2D eigenvalue weighted by Crippen LogP contribution is 2.38. The van der Waals surface area contributed by atoms with E-state index in [0.717, 1.165) is 43.2 Å². The van der Waals surface area contributed by atoms with E-state index < -0.39 is 0 Å². The summed E-state index contributed by atoms with van der Waals surface area (Å²) in [7, 11) is 1.64. The number of hydrogen-bond donors (Lipinski definition) is 0. The molecule has 1 fully saturated rings. The van der Waals surface area contributed by atoms with Crippen LogP contribution in [0.2, 0.25) is 20.1 Å². The zero-order chi connectivity index (χ0) is 21.0. The predicted molar refractivity (Wildman–Crippen MR) is 121 cm³/mol. The third kappa shape index (κ3) is 6.12. The largest absolute Gasteiger partial charge is 0.376 e. The minimum Gasteiger partial charge on any atom is -0.376 e. The Morgan fingerprint density at radius 3 is 2.00 bits per heavy atom. The van der Waals surface area contributed by atoms with Crippen molar-refractivity contribution in [2.24, 2.45) is 11.8 Å². The van der Waals surface area contributed by atoms with Gasteiger partial charge in [-0.05, 0) is 66.8 Å². The average molecular weight is 474 g/mol. The first-order chi connectivity index (χ1) is 13.9. The lowest BCUT2D eigenvalue weighted by atomic mass is 9.76. The van der Waals surface area contributed by atoms with Gasteiger partial charge in [-0.25, -0.2) is 0 Å². The highest BCUT2D eigenvalue weighted by atomic mass is 35.5. The van der Waals surface area contributed by atoms with Crippen molar-refractivity contribution in [2.75, 3.05) is 7.11 Å². The van der Waals surface area contributed by atoms with Crippen molar-refractivity contribution in [1.29, 1.82) is 0 Å². The van der Waals surface area contributed by atoms with Gasteiger partial charge in [0, 0.05) is 39.0 Å². The van der Waals surface area contributed by atoms with Crippen molar-refractivity contribution in [1.82, 2.24) is 0 Å². The van der Waals surface area contributed by atoms with Gasteiger partial charge in [0.1, 0.15) is 5.78 Å². The molecule has 0 bridgehead atoms. The van der Waals surface area contributed by atoms with Crippen LogP contribution < -0.4 is 0 Å². The van der Waals surface area contributed by atoms with Gasteiger partial charge in [-0.1, -0.05) is 65.7 Å². The van der Waals surface area contributed by atoms with Gasteiger partial charge in [-0.2, -0.15) is 0 Å². The summed E-state index contributed by atoms with van der Waals surface area (Å²) in [5, 5.41) is 2.26. The Morgan fingerprint density at radius 1 is 0.862 bits per heavy atom. The lowest BCUT2D eigenvalue weighted by molar-refractivity contribution is -0.132. The van der Waals surface area contributed by atoms with E-state index >= 15 is 0 Å². The molecule has 0 radical (unpaired) electrons. The minimum atomic E-state index is -0.373. The predicted octanol–water partition coefficient (Wildman–Crippen LogP) is 8.00. The molecule has 6 heteroatoms. The molecule has 0 spiro atoms. The topological polar surface area (TPSA) is 26.3 Å². The van der Waals surface area contributed by atoms with E-state index in [1.165, 1.54) is 0 Å². The summed E-state index contributed by atoms with van der Waals surface area (Å²) in [4.78, 5) is 13.6. The summed E-state index contributed by atoms with van der Waals surface area (Å²) in [6.45, 7) is 0. The first-order valence-electron chi connectivity index (χ1n) is 9.85. The number of carbonyl (C=O) groups excluding carboxylic acids is 1. The van der Waals surface area contributed by atoms with E-state index in [-0.39, 0.29) is 23.7 Å². The summed E-state index contributed by atoms with van der Waals surface area (Å²) in [5.74, 6) is -0.111. The van der Waals surface area contributed by atoms with Crippen LogP contribution in [-0.4, -0.2) is 12.9 Å². The Labute approximate surface area is 192 Å². The molecule has 3 atom stereocenters. The molecule has 156 valence electrons. The number of carbonyl (C=O) groups is 1. The number of methoxy groups -OCH3 is 1. The van der Waals surface area contributed by atoms with Crippen LogP contribution in [0.4, 0.5) is 0 Å². The van der Waals surface area contributed by atoms with E-state index in [2.05, 4.69) is 0 Å². The van der Waals surface area contributed by atoms with Crippen molar-refractivity contribution < 1.29 is 9.53 Å². The third-order valence-corrected chi connectivity index (χ3v) is 6.45. The fourth-order valence-electron chi connectivity index (χ4n) is 4.31. The molecule has 2 aromatic rings. The maximum Gasteiger partial charge on any atom is 0.142 e. The van der Waals surface area contributed by atoms with E-state index in [1.54, 1.807) is 19.2 Å². The van der Waals surface area contributed by atoms with Crippen LogP contribution in [0, 0.1) is 11.8 Å². The minimum absolute atomic E-state index is 0.0952. The van der Waals surface area contributed by atoms with Crippen LogP contribution in [0.3, 0.4) is 0 Å². The lowest BCUT2D eigenvalue weighted by Crippen LogP contribution is -2.32. The average Bonchev–Trinajstić information content (AvgIpc) is 2.62. The normalized spacial score (nSPS) is 21.5. The van der Waals surface area contributed by atoms with E-state index in [9.17, 15) is 4.79 Å². The molecular weight excluding hydrogens is 450 g/mol. The molecule has 0 aliphatic heterocycles. The zero-order valence-electron chi connectivity index (χ0n) is 16.3. The Bertz CT molecular complexity index is 827. The van der Waals surface area contributed by atoms with Gasteiger partial charge >= 0.3 is 0 Å². The van der Waals surface area contributed by atoms with Gasteiger partial charge in [0.05, 0.1) is 6.10 Å². The number of ketones is 1. The van der Waals surface area contributed by atoms with Gasteiger partial charge in [0.25, 0.3) is 0 Å². The highest BCUT2D eigenvalue weighted by Gasteiger charge is 2.35. The molecule has 0 N–H and O–H groups in total. The zero-order valence-corrected chi connectivity index (χ0v) is 19.3. The molecule has 1 aliphatic carbocycles. The van der Waals surface area contributed by atoms with Crippen LogP contribution in [0.1, 0.15) is 49.3 Å². The van der Waals surface area contributed by atoms with Crippen LogP contribution >= 0.6 is 46.4 Å². The molecule has 0 saturated heterocycles. The van der Waals surface area contributed by atoms with Crippen molar-refractivity contribution in [3.05, 3.63) is 67.6 Å². The first kappa shape index (κ1) is 22.9. The smallest absolute Gasteiger partial charge is 0.142 e. The third-order valence-electron chi connectivity index (χ3n) is 5.57. The molecule has 2 nitrogen and oxygen atoms in total. The summed E-state index contributed by atoms with van der Waals surface area (Å²) in [6, 6.07) is 10.8. The maximum absolute atomic E-state index is 13.6. The number of halogens is 4. The van der Waals surface area contributed by atoms with Crippen molar-refractivity contribution in [3.8, 4) is 0 Å². The molecule has 3 rings (SSSR count). The maximum atomic E-state index is 13.6. The Balaban J connectivity index is 1.88. The second kappa shape index (κ2) is 10.5. The van der Waals surface area contributed by atoms with Crippen LogP contribution in [0.5, 0.6) is 0 Å². The molecule has 0 amide bonds. The Morgan fingerprint density at radius 2 is 1.41 bits per heavy atom. The summed E-state index contributed by atoms with van der Waals surface area (Å²) in [5.41, 5.74) is 1.83. The second-order valence-electron chi connectivity index (χ2n) is 7.68. The van der Waals surface area contributed by atoms with Gasteiger partial charge in [0.15, 0.2) is 0 Å².